The summed E-state index contributed by atoms with van der Waals surface area (Å²) in [4.78, 5) is 0. The second-order valence-corrected chi connectivity index (χ2v) is 6.35. The van der Waals surface area contributed by atoms with Gasteiger partial charge in [-0.05, 0) is 6.07 Å². The molecule has 4 N–H and O–H groups in total. The van der Waals surface area contributed by atoms with Crippen LogP contribution in [0.25, 0.3) is 0 Å². The van der Waals surface area contributed by atoms with Crippen molar-refractivity contribution < 1.29 is 37.9 Å². The van der Waals surface area contributed by atoms with E-state index in [1.165, 1.54) is 0 Å². The molecule has 31 heavy (non-hydrogen) atoms. The Balaban J connectivity index is 1.72. The van der Waals surface area contributed by atoms with E-state index in [9.17, 15) is 0 Å². The van der Waals surface area contributed by atoms with E-state index in [1.807, 2.05) is 0 Å². The predicted octanol–water partition coefficient (Wildman–Crippen LogP) is 0.976. The zero-order valence-corrected chi connectivity index (χ0v) is 18.6. The van der Waals surface area contributed by atoms with Crippen molar-refractivity contribution in [1.82, 2.24) is 0 Å². The first-order valence-corrected chi connectivity index (χ1v) is 10.5. The molecule has 0 spiro atoms. The third-order valence-electron chi connectivity index (χ3n) is 3.74. The van der Waals surface area contributed by atoms with Crippen LogP contribution in [-0.4, -0.2) is 99.6 Å². The summed E-state index contributed by atoms with van der Waals surface area (Å²) in [5, 5.41) is 0. The molecular weight excluding hydrogens is 408 g/mol. The number of nitrogen functional groups attached to an aromatic ring is 2. The van der Waals surface area contributed by atoms with E-state index in [0.29, 0.717) is 110 Å². The highest BCUT2D eigenvalue weighted by Crippen LogP contribution is 2.19. The third-order valence-corrected chi connectivity index (χ3v) is 3.74. The Labute approximate surface area is 184 Å². The molecule has 10 heteroatoms. The minimum Gasteiger partial charge on any atom is -0.491 e. The van der Waals surface area contributed by atoms with Crippen molar-refractivity contribution in [3.63, 3.8) is 0 Å². The molecule has 0 amide bonds. The molecule has 0 fully saturated rings. The van der Waals surface area contributed by atoms with Gasteiger partial charge in [0.25, 0.3) is 0 Å². The second kappa shape index (κ2) is 20.3. The van der Waals surface area contributed by atoms with Gasteiger partial charge in [-0.3, -0.25) is 0 Å². The highest BCUT2D eigenvalue weighted by molar-refractivity contribution is 5.56. The van der Waals surface area contributed by atoms with Gasteiger partial charge in [-0.1, -0.05) is 0 Å². The third kappa shape index (κ3) is 17.7. The average Bonchev–Trinajstić information content (AvgIpc) is 2.74. The number of nitrogens with two attached hydrogens (primary N) is 2. The van der Waals surface area contributed by atoms with Crippen LogP contribution in [0.2, 0.25) is 0 Å². The van der Waals surface area contributed by atoms with Gasteiger partial charge in [0.1, 0.15) is 12.4 Å². The van der Waals surface area contributed by atoms with Crippen LogP contribution in [0, 0.1) is 0 Å². The van der Waals surface area contributed by atoms with Gasteiger partial charge in [-0.15, -0.1) is 0 Å². The molecule has 0 radical (unpaired) electrons. The molecule has 0 aliphatic rings. The highest BCUT2D eigenvalue weighted by atomic mass is 16.6. The monoisotopic (exact) mass is 446 g/mol. The van der Waals surface area contributed by atoms with Gasteiger partial charge in [-0.25, -0.2) is 0 Å². The molecule has 0 aliphatic carbocycles. The SMILES string of the molecule is COCCOCCOCCOCCOCCOCCOCCOc1cc(N)cc(N)c1. The van der Waals surface area contributed by atoms with Gasteiger partial charge < -0.3 is 49.4 Å². The first kappa shape index (κ1) is 27.4. The van der Waals surface area contributed by atoms with Crippen molar-refractivity contribution in [3.05, 3.63) is 18.2 Å². The van der Waals surface area contributed by atoms with E-state index < -0.39 is 0 Å². The maximum absolute atomic E-state index is 5.70. The lowest BCUT2D eigenvalue weighted by molar-refractivity contribution is -0.0199. The zero-order chi connectivity index (χ0) is 22.4. The molecule has 1 aromatic carbocycles. The fourth-order valence-corrected chi connectivity index (χ4v) is 2.29. The first-order chi connectivity index (χ1) is 15.2. The minimum atomic E-state index is 0.416. The quantitative estimate of drug-likeness (QED) is 0.197. The van der Waals surface area contributed by atoms with Crippen molar-refractivity contribution in [1.29, 1.82) is 0 Å². The Morgan fingerprint density at radius 2 is 0.806 bits per heavy atom. The number of ether oxygens (including phenoxy) is 8. The number of hydrogen-bond acceptors (Lipinski definition) is 10. The Bertz CT molecular complexity index is 516. The summed E-state index contributed by atoms with van der Waals surface area (Å²) < 4.78 is 42.8. The van der Waals surface area contributed by atoms with Crippen LogP contribution in [0.4, 0.5) is 11.4 Å². The van der Waals surface area contributed by atoms with Gasteiger partial charge in [0.2, 0.25) is 0 Å². The Morgan fingerprint density at radius 1 is 0.484 bits per heavy atom. The van der Waals surface area contributed by atoms with Gasteiger partial charge in [0.15, 0.2) is 0 Å². The topological polar surface area (TPSA) is 126 Å². The minimum absolute atomic E-state index is 0.416. The van der Waals surface area contributed by atoms with Gasteiger partial charge >= 0.3 is 0 Å². The lowest BCUT2D eigenvalue weighted by atomic mass is 10.3. The summed E-state index contributed by atoms with van der Waals surface area (Å²) in [5.41, 5.74) is 12.6. The van der Waals surface area contributed by atoms with E-state index >= 15 is 0 Å². The smallest absolute Gasteiger partial charge is 0.123 e. The standard InChI is InChI=1S/C21H38N2O8/c1-24-2-3-25-4-5-26-6-7-27-8-9-28-10-11-29-12-13-30-14-15-31-21-17-19(22)16-20(23)18-21/h16-18H,2-15,22-23H2,1H3. The number of anilines is 2. The maximum atomic E-state index is 5.70. The largest absolute Gasteiger partial charge is 0.491 e. The lowest BCUT2D eigenvalue weighted by Crippen LogP contribution is -2.15. The summed E-state index contributed by atoms with van der Waals surface area (Å²) in [6.07, 6.45) is 0. The van der Waals surface area contributed by atoms with E-state index in [1.54, 1.807) is 25.3 Å². The Kier molecular flexibility index (Phi) is 17.9. The van der Waals surface area contributed by atoms with Gasteiger partial charge in [0.05, 0.1) is 85.9 Å². The van der Waals surface area contributed by atoms with Crippen LogP contribution in [0.5, 0.6) is 5.75 Å². The van der Waals surface area contributed by atoms with Crippen molar-refractivity contribution in [2.45, 2.75) is 0 Å². The Hall–Kier alpha value is -1.66. The van der Waals surface area contributed by atoms with E-state index in [2.05, 4.69) is 0 Å². The summed E-state index contributed by atoms with van der Waals surface area (Å²) >= 11 is 0. The number of hydrogen-bond donors (Lipinski definition) is 2. The highest BCUT2D eigenvalue weighted by Gasteiger charge is 1.98. The fraction of sp³-hybridized carbons (Fsp3) is 0.714. The predicted molar refractivity (Wildman–Crippen MR) is 118 cm³/mol. The van der Waals surface area contributed by atoms with Crippen LogP contribution >= 0.6 is 0 Å². The summed E-state index contributed by atoms with van der Waals surface area (Å²) in [6.45, 7) is 7.28. The molecule has 1 aromatic rings. The fourth-order valence-electron chi connectivity index (χ4n) is 2.29. The van der Waals surface area contributed by atoms with Crippen LogP contribution < -0.4 is 16.2 Å². The Morgan fingerprint density at radius 3 is 1.16 bits per heavy atom. The number of benzene rings is 1. The van der Waals surface area contributed by atoms with Crippen molar-refractivity contribution in [2.24, 2.45) is 0 Å². The molecule has 0 aliphatic heterocycles. The molecule has 0 saturated carbocycles. The maximum Gasteiger partial charge on any atom is 0.123 e. The van der Waals surface area contributed by atoms with E-state index in [4.69, 9.17) is 49.4 Å². The molecule has 1 rings (SSSR count). The molecule has 180 valence electrons. The molecule has 0 bridgehead atoms. The van der Waals surface area contributed by atoms with Crippen molar-refractivity contribution >= 4 is 11.4 Å². The molecule has 0 saturated heterocycles. The van der Waals surface area contributed by atoms with Gasteiger partial charge in [0, 0.05) is 30.6 Å². The van der Waals surface area contributed by atoms with Crippen LogP contribution in [0.1, 0.15) is 0 Å². The van der Waals surface area contributed by atoms with Crippen LogP contribution in [-0.2, 0) is 33.2 Å². The van der Waals surface area contributed by atoms with Gasteiger partial charge in [-0.2, -0.15) is 0 Å². The normalized spacial score (nSPS) is 11.1. The van der Waals surface area contributed by atoms with Crippen molar-refractivity contribution in [2.75, 3.05) is 111 Å². The van der Waals surface area contributed by atoms with Crippen molar-refractivity contribution in [3.8, 4) is 5.75 Å². The zero-order valence-electron chi connectivity index (χ0n) is 18.6. The second-order valence-electron chi connectivity index (χ2n) is 6.35. The molecule has 10 nitrogen and oxygen atoms in total. The summed E-state index contributed by atoms with van der Waals surface area (Å²) in [7, 11) is 1.64. The van der Waals surface area contributed by atoms with E-state index in [0.717, 1.165) is 0 Å². The molecule has 0 aromatic heterocycles. The van der Waals surface area contributed by atoms with E-state index in [-0.39, 0.29) is 0 Å². The molecule has 0 unspecified atom stereocenters. The van der Waals surface area contributed by atoms with Crippen LogP contribution in [0.15, 0.2) is 18.2 Å². The molecular formula is C21H38N2O8. The number of methoxy groups -OCH3 is 1. The van der Waals surface area contributed by atoms with Crippen LogP contribution in [0.3, 0.4) is 0 Å². The summed E-state index contributed by atoms with van der Waals surface area (Å²) in [5.74, 6) is 0.634. The number of rotatable bonds is 22. The molecule has 0 atom stereocenters. The average molecular weight is 447 g/mol. The first-order valence-electron chi connectivity index (χ1n) is 10.5. The summed E-state index contributed by atoms with van der Waals surface area (Å²) in [6, 6.07) is 5.12. The lowest BCUT2D eigenvalue weighted by Gasteiger charge is -2.09. The molecule has 0 heterocycles.